The number of carboxylic acids is 1. The molecule has 0 aliphatic carbocycles. The number of pyridine rings is 1. The quantitative estimate of drug-likeness (QED) is 0.333. The Balaban J connectivity index is 0.000000229. The molecule has 3 aromatic rings. The van der Waals surface area contributed by atoms with Gasteiger partial charge in [-0.25, -0.2) is 9.78 Å². The predicted octanol–water partition coefficient (Wildman–Crippen LogP) is 3.12. The van der Waals surface area contributed by atoms with Gasteiger partial charge in [0.15, 0.2) is 0 Å². The van der Waals surface area contributed by atoms with Crippen LogP contribution in [0.5, 0.6) is 5.75 Å². The summed E-state index contributed by atoms with van der Waals surface area (Å²) < 4.78 is 1.94. The summed E-state index contributed by atoms with van der Waals surface area (Å²) in [6.07, 6.45) is 0. The van der Waals surface area contributed by atoms with Gasteiger partial charge in [0.05, 0.1) is 10.5 Å². The van der Waals surface area contributed by atoms with E-state index in [1.165, 1.54) is 21.3 Å². The fraction of sp³-hybridized carbons (Fsp3) is 0. The van der Waals surface area contributed by atoms with Crippen molar-refractivity contribution >= 4 is 54.1 Å². The van der Waals surface area contributed by atoms with Crippen LogP contribution in [0.1, 0.15) is 10.5 Å². The maximum atomic E-state index is 11.7. The molecule has 112 valence electrons. The van der Waals surface area contributed by atoms with Crippen LogP contribution in [0.15, 0.2) is 48.5 Å². The number of aromatic nitrogens is 1. The van der Waals surface area contributed by atoms with Gasteiger partial charge in [-0.2, -0.15) is 0 Å². The van der Waals surface area contributed by atoms with E-state index in [2.05, 4.69) is 35.3 Å². The van der Waals surface area contributed by atoms with Gasteiger partial charge in [0.2, 0.25) is 0 Å². The van der Waals surface area contributed by atoms with E-state index in [9.17, 15) is 9.90 Å². The SMILES string of the molecule is O=C(O)c1ccc2c(Cl)cc(I)c([O-])c2n1.[Hg+][c]1ccccc1. The first kappa shape index (κ1) is 18.4. The molecular weight excluding hydrogens is 617 g/mol. The Morgan fingerprint density at radius 1 is 1.22 bits per heavy atom. The summed E-state index contributed by atoms with van der Waals surface area (Å²) in [5, 5.41) is 21.4. The van der Waals surface area contributed by atoms with Crippen LogP contribution < -0.4 is 8.18 Å². The van der Waals surface area contributed by atoms with E-state index in [-0.39, 0.29) is 17.0 Å². The number of carbonyl (C=O) groups is 1. The number of fused-ring (bicyclic) bond motifs is 1. The summed E-state index contributed by atoms with van der Waals surface area (Å²) in [6.45, 7) is 0. The zero-order valence-corrected chi connectivity index (χ0v) is 20.2. The van der Waals surface area contributed by atoms with Crippen molar-refractivity contribution in [2.75, 3.05) is 0 Å². The molecule has 0 bridgehead atoms. The second-order valence-electron chi connectivity index (χ2n) is 4.55. The van der Waals surface area contributed by atoms with E-state index < -0.39 is 5.97 Å². The van der Waals surface area contributed by atoms with Crippen LogP contribution in [0.25, 0.3) is 10.9 Å². The zero-order valence-electron chi connectivity index (χ0n) is 11.8. The van der Waals surface area contributed by atoms with Crippen LogP contribution in [0.4, 0.5) is 0 Å². The summed E-state index contributed by atoms with van der Waals surface area (Å²) in [5.74, 6) is -1.47. The van der Waals surface area contributed by atoms with Crippen molar-refractivity contribution in [3.63, 3.8) is 0 Å². The van der Waals surface area contributed by atoms with Crippen LogP contribution in [0.2, 0.25) is 5.02 Å². The molecule has 0 atom stereocenters. The third-order valence-corrected chi connectivity index (χ3v) is 5.85. The number of rotatable bonds is 1. The van der Waals surface area contributed by atoms with Crippen molar-refractivity contribution in [3.05, 3.63) is 62.8 Å². The first-order chi connectivity index (χ1) is 10.9. The topological polar surface area (TPSA) is 73.2 Å². The van der Waals surface area contributed by atoms with E-state index in [0.717, 1.165) is 26.1 Å². The van der Waals surface area contributed by atoms with Crippen LogP contribution in [0, 0.1) is 3.57 Å². The van der Waals surface area contributed by atoms with Crippen LogP contribution >= 0.6 is 34.2 Å². The molecule has 1 heterocycles. The van der Waals surface area contributed by atoms with E-state index >= 15 is 0 Å². The van der Waals surface area contributed by atoms with E-state index in [4.69, 9.17) is 16.7 Å². The van der Waals surface area contributed by atoms with Gasteiger partial charge >= 0.3 is 65.5 Å². The van der Waals surface area contributed by atoms with Gasteiger partial charge in [-0.1, -0.05) is 17.4 Å². The maximum absolute atomic E-state index is 11.7. The number of nitrogens with zero attached hydrogens (tertiary/aromatic N) is 1. The summed E-state index contributed by atoms with van der Waals surface area (Å²) in [7, 11) is 0. The van der Waals surface area contributed by atoms with Crippen molar-refractivity contribution in [1.29, 1.82) is 0 Å². The Morgan fingerprint density at radius 2 is 1.87 bits per heavy atom. The van der Waals surface area contributed by atoms with Crippen molar-refractivity contribution in [3.8, 4) is 5.75 Å². The minimum atomic E-state index is -1.17. The van der Waals surface area contributed by atoms with Crippen molar-refractivity contribution in [2.45, 2.75) is 0 Å². The summed E-state index contributed by atoms with van der Waals surface area (Å²) in [6, 6.07) is 14.9. The minimum absolute atomic E-state index is 0.0943. The van der Waals surface area contributed by atoms with E-state index in [1.54, 1.807) is 0 Å². The Kier molecular flexibility index (Phi) is 6.61. The summed E-state index contributed by atoms with van der Waals surface area (Å²) in [4.78, 5) is 14.5. The Hall–Kier alpha value is -0.925. The van der Waals surface area contributed by atoms with Gasteiger partial charge in [0, 0.05) is 8.96 Å². The van der Waals surface area contributed by atoms with Gasteiger partial charge in [0.25, 0.3) is 0 Å². The molecule has 1 aromatic heterocycles. The van der Waals surface area contributed by atoms with Crippen LogP contribution in [-0.2, 0) is 26.1 Å². The molecule has 0 saturated heterocycles. The monoisotopic (exact) mass is 627 g/mol. The Bertz CT molecular complexity index is 859. The predicted molar refractivity (Wildman–Crippen MR) is 92.0 cm³/mol. The van der Waals surface area contributed by atoms with E-state index in [1.807, 2.05) is 22.6 Å². The standard InChI is InChI=1S/C10H5ClINO3.C6H5.Hg/c11-5-3-6(12)9(14)8-4(5)1-2-7(13-8)10(15)16;1-2-4-6-5-3-1;/h1-3,14H,(H,15,16);1-5H;/q;;+1/p-1. The third-order valence-electron chi connectivity index (χ3n) is 2.90. The molecule has 3 rings (SSSR count). The van der Waals surface area contributed by atoms with Gasteiger partial charge in [0.1, 0.15) is 5.69 Å². The van der Waals surface area contributed by atoms with E-state index in [0.29, 0.717) is 14.0 Å². The molecule has 4 nitrogen and oxygen atoms in total. The molecule has 0 fully saturated rings. The average Bonchev–Trinajstić information content (AvgIpc) is 2.53. The first-order valence-electron chi connectivity index (χ1n) is 6.46. The molecule has 0 aliphatic rings. The number of hydrogen-bond donors (Lipinski definition) is 1. The molecule has 0 radical (unpaired) electrons. The normalized spacial score (nSPS) is 10.1. The van der Waals surface area contributed by atoms with Crippen LogP contribution in [0.3, 0.4) is 0 Å². The molecule has 0 saturated carbocycles. The first-order valence-corrected chi connectivity index (χ1v) is 10.7. The average molecular weight is 626 g/mol. The van der Waals surface area contributed by atoms with Crippen LogP contribution in [-0.4, -0.2) is 16.1 Å². The van der Waals surface area contributed by atoms with Gasteiger partial charge in [-0.15, -0.1) is 0 Å². The fourth-order valence-corrected chi connectivity index (χ4v) is 3.86. The summed E-state index contributed by atoms with van der Waals surface area (Å²) in [5.41, 5.74) is -0.0699. The van der Waals surface area contributed by atoms with Gasteiger partial charge in [-0.05, 0) is 40.8 Å². The Morgan fingerprint density at radius 3 is 2.39 bits per heavy atom. The Labute approximate surface area is 167 Å². The zero-order chi connectivity index (χ0) is 17.0. The third kappa shape index (κ3) is 4.77. The van der Waals surface area contributed by atoms with Gasteiger partial charge < -0.3 is 10.2 Å². The molecule has 23 heavy (non-hydrogen) atoms. The number of hydrogen-bond acceptors (Lipinski definition) is 3. The second-order valence-corrected chi connectivity index (χ2v) is 9.30. The molecular formula is C16H9ClHgINO3. The number of aromatic carboxylic acids is 1. The number of benzene rings is 2. The van der Waals surface area contributed by atoms with Crippen molar-refractivity contribution in [1.82, 2.24) is 4.98 Å². The van der Waals surface area contributed by atoms with Gasteiger partial charge in [-0.3, -0.25) is 0 Å². The molecule has 0 unspecified atom stereocenters. The molecule has 1 N–H and O–H groups in total. The second kappa shape index (κ2) is 8.26. The fourth-order valence-electron chi connectivity index (χ4n) is 1.79. The molecule has 2 aromatic carbocycles. The number of carboxylic acid groups (broad SMARTS) is 1. The molecule has 7 heteroatoms. The number of halogens is 2. The molecule has 0 amide bonds. The van der Waals surface area contributed by atoms with Crippen molar-refractivity contribution < 1.29 is 41.1 Å². The summed E-state index contributed by atoms with van der Waals surface area (Å²) >= 11 is 8.59. The van der Waals surface area contributed by atoms with Crippen molar-refractivity contribution in [2.24, 2.45) is 0 Å². The molecule has 0 aliphatic heterocycles. The molecule has 0 spiro atoms.